The second-order valence-corrected chi connectivity index (χ2v) is 14.2. The number of fused-ring (bicyclic) bond motifs is 9. The van der Waals surface area contributed by atoms with Crippen molar-refractivity contribution in [3.63, 3.8) is 0 Å². The molecule has 0 amide bonds. The molecule has 2 heterocycles. The van der Waals surface area contributed by atoms with Gasteiger partial charge >= 0.3 is 0 Å². The number of thiophene rings is 2. The van der Waals surface area contributed by atoms with Gasteiger partial charge < -0.3 is 4.90 Å². The second kappa shape index (κ2) is 10.5. The third-order valence-electron chi connectivity index (χ3n) is 9.45. The second-order valence-electron chi connectivity index (χ2n) is 12.1. The molecule has 0 aliphatic heterocycles. The molecule has 220 valence electrons. The lowest BCUT2D eigenvalue weighted by atomic mass is 9.96. The molecule has 0 N–H and O–H groups in total. The molecular formula is C44H27NS2. The van der Waals surface area contributed by atoms with Crippen LogP contribution in [0.2, 0.25) is 0 Å². The van der Waals surface area contributed by atoms with Crippen LogP contribution in [-0.4, -0.2) is 0 Å². The Morgan fingerprint density at radius 3 is 1.79 bits per heavy atom. The number of para-hydroxylation sites is 1. The molecule has 0 unspecified atom stereocenters. The van der Waals surface area contributed by atoms with E-state index in [0.717, 1.165) is 11.4 Å². The van der Waals surface area contributed by atoms with Crippen LogP contribution >= 0.6 is 22.7 Å². The predicted molar refractivity (Wildman–Crippen MR) is 207 cm³/mol. The lowest BCUT2D eigenvalue weighted by Gasteiger charge is -2.30. The van der Waals surface area contributed by atoms with Gasteiger partial charge in [-0.2, -0.15) is 0 Å². The predicted octanol–water partition coefficient (Wildman–Crippen LogP) is 13.9. The Hall–Kier alpha value is -5.48. The van der Waals surface area contributed by atoms with Gasteiger partial charge in [0.05, 0.1) is 11.4 Å². The molecule has 0 saturated carbocycles. The third kappa shape index (κ3) is 4.14. The van der Waals surface area contributed by atoms with E-state index in [4.69, 9.17) is 0 Å². The monoisotopic (exact) mass is 633 g/mol. The zero-order valence-electron chi connectivity index (χ0n) is 25.4. The van der Waals surface area contributed by atoms with Crippen molar-refractivity contribution in [3.8, 4) is 11.1 Å². The molecular weight excluding hydrogens is 607 g/mol. The standard InChI is InChI=1S/C44H27NS2/c1-2-13-30-28(12-1)26-40(32-15-4-3-14-31(30)32)45(29-24-25-43-38(27-29)35-18-7-9-22-41(35)46-43)39-21-8-5-16-33(39)36-19-11-20-37-34-17-6-10-23-42(34)47-44(36)37/h1-27H. The van der Waals surface area contributed by atoms with Gasteiger partial charge in [-0.05, 0) is 58.6 Å². The maximum absolute atomic E-state index is 2.50. The van der Waals surface area contributed by atoms with Crippen molar-refractivity contribution in [3.05, 3.63) is 164 Å². The van der Waals surface area contributed by atoms with E-state index < -0.39 is 0 Å². The fourth-order valence-corrected chi connectivity index (χ4v) is 9.65. The van der Waals surface area contributed by atoms with Crippen molar-refractivity contribution in [2.45, 2.75) is 0 Å². The molecule has 0 atom stereocenters. The summed E-state index contributed by atoms with van der Waals surface area (Å²) >= 11 is 3.75. The number of nitrogens with zero attached hydrogens (tertiary/aromatic N) is 1. The van der Waals surface area contributed by atoms with Gasteiger partial charge in [-0.25, -0.2) is 0 Å². The normalized spacial score (nSPS) is 11.8. The highest BCUT2D eigenvalue weighted by Crippen LogP contribution is 2.49. The fourth-order valence-electron chi connectivity index (χ4n) is 7.34. The topological polar surface area (TPSA) is 3.24 Å². The summed E-state index contributed by atoms with van der Waals surface area (Å²) in [6.07, 6.45) is 0. The zero-order valence-corrected chi connectivity index (χ0v) is 27.0. The summed E-state index contributed by atoms with van der Waals surface area (Å²) in [6, 6.07) is 60.3. The van der Waals surface area contributed by atoms with Crippen molar-refractivity contribution in [2.75, 3.05) is 4.90 Å². The summed E-state index contributed by atoms with van der Waals surface area (Å²) in [5.41, 5.74) is 5.97. The SMILES string of the molecule is c1ccc(N(c2ccc3sc4ccccc4c3c2)c2cc3ccccc3c3ccccc23)c(-c2cccc3c2sc2ccccc23)c1. The van der Waals surface area contributed by atoms with Crippen LogP contribution in [0.5, 0.6) is 0 Å². The Morgan fingerprint density at radius 1 is 0.340 bits per heavy atom. The van der Waals surface area contributed by atoms with Crippen molar-refractivity contribution in [2.24, 2.45) is 0 Å². The molecule has 2 aromatic heterocycles. The highest BCUT2D eigenvalue weighted by Gasteiger charge is 2.22. The summed E-state index contributed by atoms with van der Waals surface area (Å²) in [5.74, 6) is 0. The van der Waals surface area contributed by atoms with E-state index in [1.54, 1.807) is 0 Å². The van der Waals surface area contributed by atoms with Crippen molar-refractivity contribution >= 4 is 102 Å². The summed E-state index contributed by atoms with van der Waals surface area (Å²) in [7, 11) is 0. The van der Waals surface area contributed by atoms with Crippen LogP contribution in [0.3, 0.4) is 0 Å². The van der Waals surface area contributed by atoms with Crippen LogP contribution in [0.15, 0.2) is 164 Å². The first-order valence-corrected chi connectivity index (χ1v) is 17.6. The van der Waals surface area contributed by atoms with Gasteiger partial charge in [0.1, 0.15) is 0 Å². The van der Waals surface area contributed by atoms with Gasteiger partial charge in [0, 0.05) is 62.5 Å². The summed E-state index contributed by atoms with van der Waals surface area (Å²) in [5, 5.41) is 10.2. The van der Waals surface area contributed by atoms with Gasteiger partial charge in [-0.3, -0.25) is 0 Å². The maximum Gasteiger partial charge on any atom is 0.0546 e. The summed E-state index contributed by atoms with van der Waals surface area (Å²) in [6.45, 7) is 0. The van der Waals surface area contributed by atoms with E-state index >= 15 is 0 Å². The van der Waals surface area contributed by atoms with E-state index in [2.05, 4.69) is 169 Å². The lowest BCUT2D eigenvalue weighted by Crippen LogP contribution is -2.12. The van der Waals surface area contributed by atoms with Gasteiger partial charge in [-0.15, -0.1) is 22.7 Å². The first-order valence-electron chi connectivity index (χ1n) is 15.9. The molecule has 0 bridgehead atoms. The Labute approximate surface area is 280 Å². The minimum absolute atomic E-state index is 1.15. The molecule has 8 aromatic carbocycles. The van der Waals surface area contributed by atoms with Crippen molar-refractivity contribution < 1.29 is 0 Å². The molecule has 47 heavy (non-hydrogen) atoms. The molecule has 1 nitrogen and oxygen atoms in total. The quantitative estimate of drug-likeness (QED) is 0.174. The Balaban J connectivity index is 1.31. The first-order chi connectivity index (χ1) is 23.3. The van der Waals surface area contributed by atoms with E-state index in [0.29, 0.717) is 0 Å². The molecule has 0 radical (unpaired) electrons. The molecule has 3 heteroatoms. The molecule has 0 saturated heterocycles. The average molecular weight is 634 g/mol. The van der Waals surface area contributed by atoms with Gasteiger partial charge in [0.25, 0.3) is 0 Å². The fraction of sp³-hybridized carbons (Fsp3) is 0. The van der Waals surface area contributed by atoms with Crippen LogP contribution in [-0.2, 0) is 0 Å². The highest BCUT2D eigenvalue weighted by atomic mass is 32.1. The molecule has 10 aromatic rings. The molecule has 0 aliphatic rings. The first kappa shape index (κ1) is 26.7. The van der Waals surface area contributed by atoms with Crippen molar-refractivity contribution in [1.82, 2.24) is 0 Å². The Bertz CT molecular complexity index is 2820. The molecule has 0 fully saturated rings. The van der Waals surface area contributed by atoms with E-state index in [1.165, 1.54) is 78.7 Å². The highest BCUT2D eigenvalue weighted by molar-refractivity contribution is 7.26. The van der Waals surface area contributed by atoms with Gasteiger partial charge in [0.2, 0.25) is 0 Å². The number of hydrogen-bond donors (Lipinski definition) is 0. The average Bonchev–Trinajstić information content (AvgIpc) is 3.70. The van der Waals surface area contributed by atoms with E-state index in [1.807, 2.05) is 22.7 Å². The number of rotatable bonds is 4. The van der Waals surface area contributed by atoms with Crippen LogP contribution in [0.25, 0.3) is 73.0 Å². The van der Waals surface area contributed by atoms with Gasteiger partial charge in [0.15, 0.2) is 0 Å². The zero-order chi connectivity index (χ0) is 30.9. The Kier molecular flexibility index (Phi) is 5.98. The number of hydrogen-bond acceptors (Lipinski definition) is 3. The van der Waals surface area contributed by atoms with Gasteiger partial charge in [-0.1, -0.05) is 121 Å². The van der Waals surface area contributed by atoms with Crippen LogP contribution in [0.4, 0.5) is 17.1 Å². The molecule has 0 spiro atoms. The minimum atomic E-state index is 1.15. The van der Waals surface area contributed by atoms with Crippen LogP contribution in [0.1, 0.15) is 0 Å². The summed E-state index contributed by atoms with van der Waals surface area (Å²) < 4.78 is 5.27. The van der Waals surface area contributed by atoms with Crippen LogP contribution in [0, 0.1) is 0 Å². The van der Waals surface area contributed by atoms with E-state index in [-0.39, 0.29) is 0 Å². The number of benzene rings is 8. The smallest absolute Gasteiger partial charge is 0.0546 e. The van der Waals surface area contributed by atoms with Crippen LogP contribution < -0.4 is 4.90 Å². The largest absolute Gasteiger partial charge is 0.309 e. The lowest BCUT2D eigenvalue weighted by molar-refractivity contribution is 1.31. The minimum Gasteiger partial charge on any atom is -0.309 e. The summed E-state index contributed by atoms with van der Waals surface area (Å²) in [4.78, 5) is 2.50. The number of anilines is 3. The molecule has 10 rings (SSSR count). The maximum atomic E-state index is 2.50. The third-order valence-corrected chi connectivity index (χ3v) is 11.8. The van der Waals surface area contributed by atoms with Crippen molar-refractivity contribution in [1.29, 1.82) is 0 Å². The molecule has 0 aliphatic carbocycles. The Morgan fingerprint density at radius 2 is 0.936 bits per heavy atom. The van der Waals surface area contributed by atoms with E-state index in [9.17, 15) is 0 Å².